The van der Waals surface area contributed by atoms with E-state index in [-0.39, 0.29) is 24.9 Å². The smallest absolute Gasteiger partial charge is 0.305 e. The van der Waals surface area contributed by atoms with Crippen molar-refractivity contribution in [3.8, 4) is 10.6 Å². The summed E-state index contributed by atoms with van der Waals surface area (Å²) in [6.07, 6.45) is 1.84. The molecule has 1 saturated carbocycles. The molecule has 1 fully saturated rings. The van der Waals surface area contributed by atoms with Gasteiger partial charge in [0.15, 0.2) is 5.69 Å². The fourth-order valence-electron chi connectivity index (χ4n) is 2.19. The zero-order chi connectivity index (χ0) is 14.8. The molecule has 6 nitrogen and oxygen atoms in total. The van der Waals surface area contributed by atoms with E-state index in [4.69, 9.17) is 5.11 Å². The van der Waals surface area contributed by atoms with E-state index in [1.54, 1.807) is 22.3 Å². The summed E-state index contributed by atoms with van der Waals surface area (Å²) in [5.74, 6) is -1.09. The molecule has 2 aromatic heterocycles. The Labute approximate surface area is 125 Å². The highest BCUT2D eigenvalue weighted by Gasteiger charge is 2.34. The second kappa shape index (κ2) is 5.69. The van der Waals surface area contributed by atoms with Crippen LogP contribution in [0.3, 0.4) is 0 Å². The number of hydrogen-bond donors (Lipinski definition) is 2. The maximum absolute atomic E-state index is 12.5. The van der Waals surface area contributed by atoms with Gasteiger partial charge in [0.2, 0.25) is 0 Å². The highest BCUT2D eigenvalue weighted by atomic mass is 32.1. The molecule has 0 radical (unpaired) electrons. The number of hydrogen-bond acceptors (Lipinski definition) is 4. The van der Waals surface area contributed by atoms with Gasteiger partial charge in [-0.05, 0) is 30.4 Å². The molecule has 0 aromatic carbocycles. The summed E-state index contributed by atoms with van der Waals surface area (Å²) < 4.78 is 0. The first-order valence-corrected chi connectivity index (χ1v) is 7.65. The zero-order valence-electron chi connectivity index (χ0n) is 11.3. The molecule has 2 aromatic rings. The second-order valence-electron chi connectivity index (χ2n) is 5.02. The lowest BCUT2D eigenvalue weighted by atomic mass is 10.2. The summed E-state index contributed by atoms with van der Waals surface area (Å²) in [6.45, 7) is 0.236. The topological polar surface area (TPSA) is 86.3 Å². The van der Waals surface area contributed by atoms with Crippen LogP contribution in [-0.2, 0) is 4.79 Å². The van der Waals surface area contributed by atoms with Gasteiger partial charge in [0.05, 0.1) is 17.0 Å². The van der Waals surface area contributed by atoms with Crippen molar-refractivity contribution in [3.63, 3.8) is 0 Å². The van der Waals surface area contributed by atoms with E-state index in [9.17, 15) is 9.59 Å². The van der Waals surface area contributed by atoms with Crippen LogP contribution in [-0.4, -0.2) is 44.7 Å². The van der Waals surface area contributed by atoms with E-state index in [0.29, 0.717) is 5.69 Å². The number of carboxylic acids is 1. The van der Waals surface area contributed by atoms with Crippen LogP contribution in [0.2, 0.25) is 0 Å². The largest absolute Gasteiger partial charge is 0.481 e. The van der Waals surface area contributed by atoms with Crippen LogP contribution in [0.4, 0.5) is 0 Å². The summed E-state index contributed by atoms with van der Waals surface area (Å²) in [5.41, 5.74) is 1.15. The first kappa shape index (κ1) is 13.8. The van der Waals surface area contributed by atoms with Gasteiger partial charge in [-0.2, -0.15) is 5.10 Å². The maximum atomic E-state index is 12.5. The van der Waals surface area contributed by atoms with Crippen LogP contribution >= 0.6 is 11.3 Å². The number of nitrogens with one attached hydrogen (secondary N) is 1. The molecular formula is C14H15N3O3S. The second-order valence-corrected chi connectivity index (χ2v) is 5.97. The summed E-state index contributed by atoms with van der Waals surface area (Å²) in [4.78, 5) is 25.8. The highest BCUT2D eigenvalue weighted by molar-refractivity contribution is 7.13. The molecule has 0 unspecified atom stereocenters. The van der Waals surface area contributed by atoms with Gasteiger partial charge in [-0.1, -0.05) is 6.07 Å². The summed E-state index contributed by atoms with van der Waals surface area (Å²) in [6, 6.07) is 5.78. The highest BCUT2D eigenvalue weighted by Crippen LogP contribution is 2.29. The first-order chi connectivity index (χ1) is 10.1. The van der Waals surface area contributed by atoms with E-state index in [1.165, 1.54) is 0 Å². The molecule has 21 heavy (non-hydrogen) atoms. The van der Waals surface area contributed by atoms with Crippen molar-refractivity contribution in [2.75, 3.05) is 6.54 Å². The Kier molecular flexibility index (Phi) is 3.74. The van der Waals surface area contributed by atoms with Crippen molar-refractivity contribution >= 4 is 23.2 Å². The van der Waals surface area contributed by atoms with Crippen molar-refractivity contribution in [2.45, 2.75) is 25.3 Å². The first-order valence-electron chi connectivity index (χ1n) is 6.77. The van der Waals surface area contributed by atoms with Crippen LogP contribution in [0.25, 0.3) is 10.6 Å². The Bertz CT molecular complexity index is 646. The van der Waals surface area contributed by atoms with Gasteiger partial charge in [-0.25, -0.2) is 0 Å². The monoisotopic (exact) mass is 305 g/mol. The Morgan fingerprint density at radius 1 is 1.48 bits per heavy atom. The molecule has 3 rings (SSSR count). The van der Waals surface area contributed by atoms with E-state index >= 15 is 0 Å². The molecule has 7 heteroatoms. The quantitative estimate of drug-likeness (QED) is 0.856. The lowest BCUT2D eigenvalue weighted by Gasteiger charge is -2.20. The van der Waals surface area contributed by atoms with Gasteiger partial charge in [0, 0.05) is 12.6 Å². The van der Waals surface area contributed by atoms with Crippen molar-refractivity contribution in [1.82, 2.24) is 15.1 Å². The predicted octanol–water partition coefficient (Wildman–Crippen LogP) is 2.22. The van der Waals surface area contributed by atoms with Gasteiger partial charge < -0.3 is 10.0 Å². The summed E-state index contributed by atoms with van der Waals surface area (Å²) in [5, 5.41) is 17.7. The Morgan fingerprint density at radius 3 is 2.90 bits per heavy atom. The Hall–Kier alpha value is -2.15. The molecular weight excluding hydrogens is 290 g/mol. The Morgan fingerprint density at radius 2 is 2.29 bits per heavy atom. The van der Waals surface area contributed by atoms with E-state index < -0.39 is 5.97 Å². The molecule has 0 bridgehead atoms. The van der Waals surface area contributed by atoms with E-state index in [1.807, 2.05) is 17.5 Å². The van der Waals surface area contributed by atoms with Crippen LogP contribution in [0.1, 0.15) is 29.8 Å². The molecule has 0 atom stereocenters. The predicted molar refractivity (Wildman–Crippen MR) is 78.2 cm³/mol. The summed E-state index contributed by atoms with van der Waals surface area (Å²) >= 11 is 1.57. The third-order valence-corrected chi connectivity index (χ3v) is 4.30. The van der Waals surface area contributed by atoms with Gasteiger partial charge in [-0.3, -0.25) is 14.7 Å². The fraction of sp³-hybridized carbons (Fsp3) is 0.357. The fourth-order valence-corrected chi connectivity index (χ4v) is 2.88. The molecule has 110 valence electrons. The van der Waals surface area contributed by atoms with Crippen LogP contribution in [0.5, 0.6) is 0 Å². The number of aromatic amines is 1. The number of carbonyl (C=O) groups excluding carboxylic acids is 1. The maximum Gasteiger partial charge on any atom is 0.305 e. The minimum Gasteiger partial charge on any atom is -0.481 e. The van der Waals surface area contributed by atoms with Gasteiger partial charge in [0.25, 0.3) is 5.91 Å². The van der Waals surface area contributed by atoms with E-state index in [0.717, 1.165) is 23.4 Å². The standard InChI is InChI=1S/C14H15N3O3S/c18-13(19)5-6-17(9-3-4-9)14(20)11-8-10(15-16-11)12-2-1-7-21-12/h1-2,7-9H,3-6H2,(H,15,16)(H,18,19). The molecule has 2 N–H and O–H groups in total. The SMILES string of the molecule is O=C(O)CCN(C(=O)c1cc(-c2cccs2)[nH]n1)C1CC1. The molecule has 2 heterocycles. The molecule has 0 spiro atoms. The third-order valence-electron chi connectivity index (χ3n) is 3.40. The average molecular weight is 305 g/mol. The average Bonchev–Trinajstić information content (AvgIpc) is 2.96. The van der Waals surface area contributed by atoms with Crippen LogP contribution < -0.4 is 0 Å². The number of carboxylic acid groups (broad SMARTS) is 1. The van der Waals surface area contributed by atoms with Crippen LogP contribution in [0, 0.1) is 0 Å². The molecule has 1 aliphatic rings. The van der Waals surface area contributed by atoms with Gasteiger partial charge >= 0.3 is 5.97 Å². The number of H-pyrrole nitrogens is 1. The normalized spacial score (nSPS) is 14.1. The molecule has 1 aliphatic carbocycles. The lowest BCUT2D eigenvalue weighted by Crippen LogP contribution is -2.35. The van der Waals surface area contributed by atoms with Gasteiger partial charge in [-0.15, -0.1) is 11.3 Å². The number of aliphatic carboxylic acids is 1. The lowest BCUT2D eigenvalue weighted by molar-refractivity contribution is -0.137. The van der Waals surface area contributed by atoms with Crippen molar-refractivity contribution in [2.24, 2.45) is 0 Å². The minimum absolute atomic E-state index is 0.0373. The van der Waals surface area contributed by atoms with Crippen LogP contribution in [0.15, 0.2) is 23.6 Å². The van der Waals surface area contributed by atoms with Gasteiger partial charge in [0.1, 0.15) is 0 Å². The minimum atomic E-state index is -0.894. The summed E-state index contributed by atoms with van der Waals surface area (Å²) in [7, 11) is 0. The molecule has 0 saturated heterocycles. The van der Waals surface area contributed by atoms with Crippen molar-refractivity contribution in [1.29, 1.82) is 0 Å². The van der Waals surface area contributed by atoms with Crippen molar-refractivity contribution in [3.05, 3.63) is 29.3 Å². The Balaban J connectivity index is 1.75. The van der Waals surface area contributed by atoms with E-state index in [2.05, 4.69) is 10.2 Å². The number of thiophene rings is 1. The number of aromatic nitrogens is 2. The number of rotatable bonds is 6. The zero-order valence-corrected chi connectivity index (χ0v) is 12.1. The number of nitrogens with zero attached hydrogens (tertiary/aromatic N) is 2. The molecule has 1 amide bonds. The third kappa shape index (κ3) is 3.13. The van der Waals surface area contributed by atoms with Crippen molar-refractivity contribution < 1.29 is 14.7 Å². The number of carbonyl (C=O) groups is 2. The number of amides is 1. The molecule has 0 aliphatic heterocycles.